The van der Waals surface area contributed by atoms with Gasteiger partial charge in [0.1, 0.15) is 17.3 Å². The number of ether oxygens (including phenoxy) is 2. The first-order valence-electron chi connectivity index (χ1n) is 10.5. The van der Waals surface area contributed by atoms with E-state index in [2.05, 4.69) is 27.8 Å². The molecular formula is C24H30N4O5. The maximum absolute atomic E-state index is 12.8. The second-order valence-electron chi connectivity index (χ2n) is 7.29. The van der Waals surface area contributed by atoms with E-state index in [1.807, 2.05) is 24.3 Å². The molecule has 0 aliphatic heterocycles. The number of hydrogen-bond donors (Lipinski definition) is 3. The molecule has 0 bridgehead atoms. The van der Waals surface area contributed by atoms with Gasteiger partial charge < -0.3 is 25.2 Å². The average Bonchev–Trinajstić information content (AvgIpc) is 2.78. The largest absolute Gasteiger partial charge is 0.510 e. The van der Waals surface area contributed by atoms with Gasteiger partial charge in [-0.05, 0) is 37.5 Å². The van der Waals surface area contributed by atoms with Gasteiger partial charge in [0.15, 0.2) is 5.70 Å². The first-order valence-corrected chi connectivity index (χ1v) is 10.5. The first-order chi connectivity index (χ1) is 15.8. The summed E-state index contributed by atoms with van der Waals surface area (Å²) in [5.74, 6) is -0.672. The molecule has 0 fully saturated rings. The Bertz CT molecular complexity index is 1040. The van der Waals surface area contributed by atoms with Crippen LogP contribution in [0.4, 0.5) is 17.1 Å². The van der Waals surface area contributed by atoms with Gasteiger partial charge in [-0.25, -0.2) is 0 Å². The summed E-state index contributed by atoms with van der Waals surface area (Å²) in [4.78, 5) is 24.3. The summed E-state index contributed by atoms with van der Waals surface area (Å²) in [5, 5.41) is 23.3. The van der Waals surface area contributed by atoms with E-state index in [0.29, 0.717) is 17.1 Å². The fourth-order valence-electron chi connectivity index (χ4n) is 2.96. The maximum Gasteiger partial charge on any atom is 0.279 e. The van der Waals surface area contributed by atoms with E-state index in [9.17, 15) is 14.7 Å². The number of benzene rings is 2. The molecule has 0 aliphatic carbocycles. The summed E-state index contributed by atoms with van der Waals surface area (Å²) in [5.41, 5.74) is 2.16. The zero-order valence-electron chi connectivity index (χ0n) is 19.6. The fourth-order valence-corrected chi connectivity index (χ4v) is 2.96. The van der Waals surface area contributed by atoms with E-state index in [4.69, 9.17) is 9.47 Å². The summed E-state index contributed by atoms with van der Waals surface area (Å²) >= 11 is 0. The molecule has 0 atom stereocenters. The predicted octanol–water partition coefficient (Wildman–Crippen LogP) is 5.52. The standard InChI is InChI=1S/C24H30N4O5/c1-6-7-8-17-9-11-18(12-10-17)27-28-23(15(2)29)24(31)26-20-14-21(32-4)19(25-16(3)30)13-22(20)33-5/h9-14,29H,6-8H2,1-5H3,(H,25,30)(H,26,31)/b23-15-,28-27?. The number of hydrogen-bond acceptors (Lipinski definition) is 7. The normalized spacial score (nSPS) is 11.7. The Balaban J connectivity index is 2.24. The smallest absolute Gasteiger partial charge is 0.279 e. The number of aliphatic hydroxyl groups is 1. The summed E-state index contributed by atoms with van der Waals surface area (Å²) < 4.78 is 10.6. The molecule has 33 heavy (non-hydrogen) atoms. The Kier molecular flexibility index (Phi) is 9.41. The number of azo groups is 1. The lowest BCUT2D eigenvalue weighted by Crippen LogP contribution is -2.16. The summed E-state index contributed by atoms with van der Waals surface area (Å²) in [6, 6.07) is 10.6. The van der Waals surface area contributed by atoms with Gasteiger partial charge in [-0.1, -0.05) is 25.5 Å². The number of aryl methyl sites for hydroxylation is 1. The number of anilines is 2. The van der Waals surface area contributed by atoms with Crippen LogP contribution in [0.2, 0.25) is 0 Å². The van der Waals surface area contributed by atoms with Crippen LogP contribution >= 0.6 is 0 Å². The van der Waals surface area contributed by atoms with Crippen molar-refractivity contribution in [1.82, 2.24) is 0 Å². The van der Waals surface area contributed by atoms with Gasteiger partial charge in [0.2, 0.25) is 5.91 Å². The number of carbonyl (C=O) groups excluding carboxylic acids is 2. The Morgan fingerprint density at radius 3 is 2.03 bits per heavy atom. The molecule has 0 aliphatic rings. The van der Waals surface area contributed by atoms with Crippen LogP contribution in [0.25, 0.3) is 0 Å². The summed E-state index contributed by atoms with van der Waals surface area (Å²) in [6.45, 7) is 4.85. The highest BCUT2D eigenvalue weighted by Crippen LogP contribution is 2.36. The van der Waals surface area contributed by atoms with Gasteiger partial charge in [-0.15, -0.1) is 5.11 Å². The van der Waals surface area contributed by atoms with E-state index in [1.165, 1.54) is 45.8 Å². The van der Waals surface area contributed by atoms with Crippen LogP contribution in [0.15, 0.2) is 58.1 Å². The minimum absolute atomic E-state index is 0.253. The number of carbonyl (C=O) groups is 2. The molecule has 9 heteroatoms. The Morgan fingerprint density at radius 2 is 1.55 bits per heavy atom. The molecular weight excluding hydrogens is 424 g/mol. The number of rotatable bonds is 10. The van der Waals surface area contributed by atoms with Crippen LogP contribution in [0, 0.1) is 0 Å². The molecule has 9 nitrogen and oxygen atoms in total. The fraction of sp³-hybridized carbons (Fsp3) is 0.333. The van der Waals surface area contributed by atoms with Crippen LogP contribution < -0.4 is 20.1 Å². The van der Waals surface area contributed by atoms with Crippen molar-refractivity contribution in [2.45, 2.75) is 40.0 Å². The molecule has 3 N–H and O–H groups in total. The monoisotopic (exact) mass is 454 g/mol. The average molecular weight is 455 g/mol. The minimum atomic E-state index is -0.689. The van der Waals surface area contributed by atoms with E-state index in [0.717, 1.165) is 19.3 Å². The molecule has 0 radical (unpaired) electrons. The zero-order chi connectivity index (χ0) is 24.4. The van der Waals surface area contributed by atoms with Crippen LogP contribution in [0.3, 0.4) is 0 Å². The van der Waals surface area contributed by atoms with Gasteiger partial charge in [-0.3, -0.25) is 9.59 Å². The molecule has 2 aromatic carbocycles. The van der Waals surface area contributed by atoms with Crippen molar-refractivity contribution in [2.75, 3.05) is 24.9 Å². The molecule has 0 spiro atoms. The molecule has 176 valence electrons. The molecule has 2 amide bonds. The number of methoxy groups -OCH3 is 2. The molecule has 0 aromatic heterocycles. The number of amides is 2. The Morgan fingerprint density at radius 1 is 0.970 bits per heavy atom. The highest BCUT2D eigenvalue weighted by Gasteiger charge is 2.18. The van der Waals surface area contributed by atoms with Crippen molar-refractivity contribution in [3.05, 3.63) is 53.4 Å². The lowest BCUT2D eigenvalue weighted by atomic mass is 10.1. The predicted molar refractivity (Wildman–Crippen MR) is 127 cm³/mol. The highest BCUT2D eigenvalue weighted by molar-refractivity contribution is 6.05. The van der Waals surface area contributed by atoms with Crippen LogP contribution in [-0.2, 0) is 16.0 Å². The number of unbranched alkanes of at least 4 members (excludes halogenated alkanes) is 1. The van der Waals surface area contributed by atoms with Crippen molar-refractivity contribution in [3.63, 3.8) is 0 Å². The van der Waals surface area contributed by atoms with Crippen molar-refractivity contribution >= 4 is 28.9 Å². The Hall–Kier alpha value is -3.88. The molecule has 2 rings (SSSR count). The number of allylic oxidation sites excluding steroid dienone is 1. The van der Waals surface area contributed by atoms with Crippen LogP contribution in [0.5, 0.6) is 11.5 Å². The zero-order valence-corrected chi connectivity index (χ0v) is 19.6. The lowest BCUT2D eigenvalue weighted by Gasteiger charge is -2.15. The third-order valence-corrected chi connectivity index (χ3v) is 4.66. The van der Waals surface area contributed by atoms with Gasteiger partial charge in [-0.2, -0.15) is 5.11 Å². The SMILES string of the molecule is CCCCc1ccc(N=N/C(C(=O)Nc2cc(OC)c(NC(C)=O)cc2OC)=C(/C)O)cc1. The van der Waals surface area contributed by atoms with E-state index >= 15 is 0 Å². The molecule has 0 heterocycles. The van der Waals surface area contributed by atoms with Gasteiger partial charge in [0, 0.05) is 19.1 Å². The number of nitrogens with one attached hydrogen (secondary N) is 2. The summed E-state index contributed by atoms with van der Waals surface area (Å²) in [6.07, 6.45) is 3.22. The second-order valence-corrected chi connectivity index (χ2v) is 7.29. The molecule has 0 unspecified atom stereocenters. The van der Waals surface area contributed by atoms with E-state index in [1.54, 1.807) is 0 Å². The highest BCUT2D eigenvalue weighted by atomic mass is 16.5. The van der Waals surface area contributed by atoms with Crippen LogP contribution in [0.1, 0.15) is 39.2 Å². The van der Waals surface area contributed by atoms with Crippen LogP contribution in [-0.4, -0.2) is 31.1 Å². The first kappa shape index (κ1) is 25.4. The lowest BCUT2D eigenvalue weighted by molar-refractivity contribution is -0.114. The molecule has 0 saturated carbocycles. The quantitative estimate of drug-likeness (QED) is 0.248. The number of nitrogens with zero attached hydrogens (tertiary/aromatic N) is 2. The van der Waals surface area contributed by atoms with Crippen molar-refractivity contribution in [3.8, 4) is 11.5 Å². The third kappa shape index (κ3) is 7.34. The summed E-state index contributed by atoms with van der Waals surface area (Å²) in [7, 11) is 2.86. The second kappa shape index (κ2) is 12.2. The van der Waals surface area contributed by atoms with Crippen molar-refractivity contribution < 1.29 is 24.2 Å². The topological polar surface area (TPSA) is 122 Å². The van der Waals surface area contributed by atoms with Crippen molar-refractivity contribution in [2.24, 2.45) is 10.2 Å². The molecule has 2 aromatic rings. The van der Waals surface area contributed by atoms with Crippen molar-refractivity contribution in [1.29, 1.82) is 0 Å². The molecule has 0 saturated heterocycles. The van der Waals surface area contributed by atoms with Gasteiger partial charge in [0.25, 0.3) is 5.91 Å². The van der Waals surface area contributed by atoms with E-state index in [-0.39, 0.29) is 28.8 Å². The van der Waals surface area contributed by atoms with Gasteiger partial charge >= 0.3 is 0 Å². The van der Waals surface area contributed by atoms with Gasteiger partial charge in [0.05, 0.1) is 31.3 Å². The van der Waals surface area contributed by atoms with E-state index < -0.39 is 5.91 Å². The maximum atomic E-state index is 12.8. The number of aliphatic hydroxyl groups excluding tert-OH is 1. The third-order valence-electron chi connectivity index (χ3n) is 4.66. The Labute approximate surface area is 193 Å². The minimum Gasteiger partial charge on any atom is -0.510 e.